The van der Waals surface area contributed by atoms with Gasteiger partial charge < -0.3 is 14.8 Å². The minimum Gasteiger partial charge on any atom is -0.497 e. The van der Waals surface area contributed by atoms with Crippen molar-refractivity contribution in [3.05, 3.63) is 93.5 Å². The first-order valence-electron chi connectivity index (χ1n) is 10.3. The van der Waals surface area contributed by atoms with Crippen LogP contribution in [0.1, 0.15) is 42.1 Å². The van der Waals surface area contributed by atoms with Crippen LogP contribution in [0.3, 0.4) is 0 Å². The van der Waals surface area contributed by atoms with Gasteiger partial charge in [0.15, 0.2) is 0 Å². The van der Waals surface area contributed by atoms with Crippen molar-refractivity contribution in [3.63, 3.8) is 0 Å². The van der Waals surface area contributed by atoms with Gasteiger partial charge in [0.1, 0.15) is 23.4 Å². The third-order valence-electron chi connectivity index (χ3n) is 5.22. The molecule has 0 bridgehead atoms. The van der Waals surface area contributed by atoms with E-state index >= 15 is 0 Å². The Labute approximate surface area is 192 Å². The van der Waals surface area contributed by atoms with E-state index in [0.717, 1.165) is 40.4 Å². The molecule has 0 fully saturated rings. The van der Waals surface area contributed by atoms with Gasteiger partial charge in [-0.1, -0.05) is 54.4 Å². The zero-order valence-corrected chi connectivity index (χ0v) is 19.0. The highest BCUT2D eigenvalue weighted by atomic mass is 35.5. The summed E-state index contributed by atoms with van der Waals surface area (Å²) < 4.78 is 11.4. The molecule has 0 aliphatic carbocycles. The average Bonchev–Trinajstić information content (AvgIpc) is 3.23. The summed E-state index contributed by atoms with van der Waals surface area (Å²) in [4.78, 5) is 5.07. The van der Waals surface area contributed by atoms with E-state index in [0.29, 0.717) is 16.7 Å². The van der Waals surface area contributed by atoms with Crippen LogP contribution < -0.4 is 14.8 Å². The first kappa shape index (κ1) is 21.5. The van der Waals surface area contributed by atoms with E-state index in [1.54, 1.807) is 7.11 Å². The lowest BCUT2D eigenvalue weighted by molar-refractivity contribution is 0.314. The lowest BCUT2D eigenvalue weighted by Crippen LogP contribution is -2.25. The van der Waals surface area contributed by atoms with E-state index in [4.69, 9.17) is 37.7 Å². The molecule has 6 heteroatoms. The van der Waals surface area contributed by atoms with Gasteiger partial charge in [-0.15, -0.1) is 0 Å². The van der Waals surface area contributed by atoms with Crippen LogP contribution in [-0.4, -0.2) is 19.6 Å². The Bertz CT molecular complexity index is 1070. The van der Waals surface area contributed by atoms with Crippen LogP contribution in [0.15, 0.2) is 71.7 Å². The molecule has 1 aliphatic rings. The molecular weight excluding hydrogens is 431 g/mol. The Morgan fingerprint density at radius 2 is 1.55 bits per heavy atom. The zero-order valence-electron chi connectivity index (χ0n) is 17.4. The van der Waals surface area contributed by atoms with E-state index in [1.165, 1.54) is 0 Å². The van der Waals surface area contributed by atoms with Crippen molar-refractivity contribution in [1.29, 1.82) is 0 Å². The van der Waals surface area contributed by atoms with Gasteiger partial charge in [0, 0.05) is 16.1 Å². The number of hydrogen-bond acceptors (Lipinski definition) is 4. The molecule has 4 nitrogen and oxygen atoms in total. The van der Waals surface area contributed by atoms with E-state index < -0.39 is 0 Å². The van der Waals surface area contributed by atoms with Crippen LogP contribution in [-0.2, 0) is 0 Å². The van der Waals surface area contributed by atoms with E-state index in [1.807, 2.05) is 66.7 Å². The average molecular weight is 455 g/mol. The van der Waals surface area contributed by atoms with Gasteiger partial charge in [-0.3, -0.25) is 4.99 Å². The normalized spacial score (nSPS) is 17.7. The third kappa shape index (κ3) is 4.81. The maximum Gasteiger partial charge on any atom is 0.133 e. The van der Waals surface area contributed by atoms with Gasteiger partial charge in [-0.05, 0) is 53.9 Å². The summed E-state index contributed by atoms with van der Waals surface area (Å²) in [7, 11) is 1.65. The number of methoxy groups -OCH3 is 1. The summed E-state index contributed by atoms with van der Waals surface area (Å²) in [5.41, 5.74) is 3.09. The van der Waals surface area contributed by atoms with Gasteiger partial charge in [0.25, 0.3) is 0 Å². The standard InChI is InChI=1S/C25H24Cl2N2O2/c1-3-14-31-22-15-20(30-2)12-13-21(22)25-28-23(16-4-8-18(26)9-5-16)24(29-25)17-6-10-19(27)11-7-17/h4-13,15,23-24H,3,14H2,1-2H3,(H,28,29)/t23-,24+. The minimum atomic E-state index is -0.116. The number of halogens is 2. The fraction of sp³-hybridized carbons (Fsp3) is 0.240. The highest BCUT2D eigenvalue weighted by Gasteiger charge is 2.33. The number of hydrogen-bond donors (Lipinski definition) is 1. The molecule has 0 saturated carbocycles. The molecule has 1 heterocycles. The highest BCUT2D eigenvalue weighted by Crippen LogP contribution is 2.39. The number of aliphatic imine (C=N–C) groups is 1. The molecule has 0 saturated heterocycles. The fourth-order valence-corrected chi connectivity index (χ4v) is 3.90. The monoisotopic (exact) mass is 454 g/mol. The molecule has 3 aromatic carbocycles. The van der Waals surface area contributed by atoms with Gasteiger partial charge in [0.2, 0.25) is 0 Å². The number of benzene rings is 3. The molecular formula is C25H24Cl2N2O2. The largest absolute Gasteiger partial charge is 0.497 e. The number of nitrogens with zero attached hydrogens (tertiary/aromatic N) is 1. The number of amidine groups is 1. The number of nitrogens with one attached hydrogen (secondary N) is 1. The highest BCUT2D eigenvalue weighted by molar-refractivity contribution is 6.30. The van der Waals surface area contributed by atoms with Crippen LogP contribution in [0.2, 0.25) is 10.0 Å². The molecule has 0 unspecified atom stereocenters. The van der Waals surface area contributed by atoms with Crippen molar-refractivity contribution < 1.29 is 9.47 Å². The maximum absolute atomic E-state index is 6.12. The van der Waals surface area contributed by atoms with E-state index in [9.17, 15) is 0 Å². The summed E-state index contributed by atoms with van der Waals surface area (Å²) in [6, 6.07) is 21.3. The molecule has 31 heavy (non-hydrogen) atoms. The van der Waals surface area contributed by atoms with Crippen molar-refractivity contribution in [3.8, 4) is 11.5 Å². The predicted molar refractivity (Wildman–Crippen MR) is 127 cm³/mol. The Kier molecular flexibility index (Phi) is 6.69. The first-order valence-corrected chi connectivity index (χ1v) is 11.0. The van der Waals surface area contributed by atoms with Crippen LogP contribution in [0.25, 0.3) is 0 Å². The van der Waals surface area contributed by atoms with Gasteiger partial charge in [-0.2, -0.15) is 0 Å². The molecule has 0 amide bonds. The van der Waals surface area contributed by atoms with Gasteiger partial charge >= 0.3 is 0 Å². The van der Waals surface area contributed by atoms with Crippen molar-refractivity contribution in [2.24, 2.45) is 4.99 Å². The zero-order chi connectivity index (χ0) is 21.8. The van der Waals surface area contributed by atoms with Crippen LogP contribution in [0.5, 0.6) is 11.5 Å². The van der Waals surface area contributed by atoms with E-state index in [-0.39, 0.29) is 12.1 Å². The summed E-state index contributed by atoms with van der Waals surface area (Å²) in [5.74, 6) is 2.28. The van der Waals surface area contributed by atoms with Gasteiger partial charge in [-0.25, -0.2) is 0 Å². The lowest BCUT2D eigenvalue weighted by Gasteiger charge is -2.20. The van der Waals surface area contributed by atoms with Crippen molar-refractivity contribution in [2.75, 3.05) is 13.7 Å². The van der Waals surface area contributed by atoms with E-state index in [2.05, 4.69) is 12.2 Å². The van der Waals surface area contributed by atoms with Crippen molar-refractivity contribution in [2.45, 2.75) is 25.4 Å². The number of rotatable bonds is 7. The second-order valence-electron chi connectivity index (χ2n) is 7.36. The topological polar surface area (TPSA) is 42.9 Å². The molecule has 160 valence electrons. The second kappa shape index (κ2) is 9.63. The lowest BCUT2D eigenvalue weighted by atomic mass is 9.95. The molecule has 0 radical (unpaired) electrons. The molecule has 4 rings (SSSR count). The second-order valence-corrected chi connectivity index (χ2v) is 8.23. The Hall–Kier alpha value is -2.69. The maximum atomic E-state index is 6.12. The number of ether oxygens (including phenoxy) is 2. The minimum absolute atomic E-state index is 0.0467. The molecule has 0 spiro atoms. The van der Waals surface area contributed by atoms with Crippen molar-refractivity contribution >= 4 is 29.0 Å². The SMILES string of the molecule is CCCOc1cc(OC)ccc1C1=N[C@H](c2ccc(Cl)cc2)[C@H](c2ccc(Cl)cc2)N1. The smallest absolute Gasteiger partial charge is 0.133 e. The Morgan fingerprint density at radius 3 is 2.16 bits per heavy atom. The summed E-state index contributed by atoms with van der Waals surface area (Å²) in [6.45, 7) is 2.70. The van der Waals surface area contributed by atoms with Crippen LogP contribution in [0.4, 0.5) is 0 Å². The summed E-state index contributed by atoms with van der Waals surface area (Å²) in [6.07, 6.45) is 0.914. The van der Waals surface area contributed by atoms with Crippen molar-refractivity contribution in [1.82, 2.24) is 5.32 Å². The molecule has 3 aromatic rings. The van der Waals surface area contributed by atoms with Crippen LogP contribution >= 0.6 is 23.2 Å². The molecule has 0 aromatic heterocycles. The molecule has 1 aliphatic heterocycles. The quantitative estimate of drug-likeness (QED) is 0.435. The summed E-state index contributed by atoms with van der Waals surface area (Å²) >= 11 is 12.2. The third-order valence-corrected chi connectivity index (χ3v) is 5.73. The first-order chi connectivity index (χ1) is 15.1. The molecule has 1 N–H and O–H groups in total. The van der Waals surface area contributed by atoms with Gasteiger partial charge in [0.05, 0.1) is 25.3 Å². The fourth-order valence-electron chi connectivity index (χ4n) is 3.64. The summed E-state index contributed by atoms with van der Waals surface area (Å²) in [5, 5.41) is 5.02. The Morgan fingerprint density at radius 1 is 0.903 bits per heavy atom. The molecule has 2 atom stereocenters. The predicted octanol–water partition coefficient (Wildman–Crippen LogP) is 6.62. The Balaban J connectivity index is 1.75. The van der Waals surface area contributed by atoms with Crippen LogP contribution in [0, 0.1) is 0 Å².